The second kappa shape index (κ2) is 5.66. The molecule has 0 saturated carbocycles. The van der Waals surface area contributed by atoms with Crippen LogP contribution in [-0.4, -0.2) is 17.6 Å². The summed E-state index contributed by atoms with van der Waals surface area (Å²) in [5.74, 6) is -1.02. The zero-order chi connectivity index (χ0) is 14.0. The van der Waals surface area contributed by atoms with E-state index in [1.807, 2.05) is 0 Å². The summed E-state index contributed by atoms with van der Waals surface area (Å²) in [6.07, 6.45) is 0. The average molecular weight is 345 g/mol. The van der Waals surface area contributed by atoms with Crippen molar-refractivity contribution >= 4 is 38.2 Å². The van der Waals surface area contributed by atoms with Crippen molar-refractivity contribution in [3.63, 3.8) is 0 Å². The van der Waals surface area contributed by atoms with Gasteiger partial charge in [0.1, 0.15) is 15.8 Å². The molecule has 0 bridgehead atoms. The number of nitrogen functional groups attached to an aromatic ring is 1. The molecule has 0 amide bonds. The molecule has 0 fully saturated rings. The van der Waals surface area contributed by atoms with E-state index in [1.165, 1.54) is 6.07 Å². The van der Waals surface area contributed by atoms with E-state index in [-0.39, 0.29) is 17.3 Å². The number of esters is 1. The Balaban J connectivity index is 2.44. The van der Waals surface area contributed by atoms with Gasteiger partial charge in [0.15, 0.2) is 5.69 Å². The Morgan fingerprint density at radius 3 is 3.00 bits per heavy atom. The Morgan fingerprint density at radius 1 is 1.58 bits per heavy atom. The number of carbonyl (C=O) groups excluding carboxylic acids is 1. The first-order chi connectivity index (χ1) is 9.02. The van der Waals surface area contributed by atoms with Gasteiger partial charge in [0.25, 0.3) is 0 Å². The third-order valence-corrected chi connectivity index (χ3v) is 3.69. The van der Waals surface area contributed by atoms with Crippen LogP contribution in [-0.2, 0) is 4.74 Å². The summed E-state index contributed by atoms with van der Waals surface area (Å²) >= 11 is 4.31. The second-order valence-corrected chi connectivity index (χ2v) is 5.52. The molecule has 0 spiro atoms. The number of nitrogens with zero attached hydrogens (tertiary/aromatic N) is 1. The van der Waals surface area contributed by atoms with Crippen molar-refractivity contribution in [3.05, 3.63) is 34.2 Å². The fourth-order valence-electron chi connectivity index (χ4n) is 1.45. The molecule has 19 heavy (non-hydrogen) atoms. The van der Waals surface area contributed by atoms with Crippen molar-refractivity contribution in [3.8, 4) is 10.6 Å². The fourth-order valence-corrected chi connectivity index (χ4v) is 2.65. The first-order valence-electron chi connectivity index (χ1n) is 5.41. The van der Waals surface area contributed by atoms with Gasteiger partial charge in [0.2, 0.25) is 0 Å². The number of rotatable bonds is 3. The molecule has 7 heteroatoms. The Labute approximate surface area is 121 Å². The molecule has 2 rings (SSSR count). The lowest BCUT2D eigenvalue weighted by atomic mass is 10.2. The van der Waals surface area contributed by atoms with Crippen LogP contribution in [0.25, 0.3) is 10.6 Å². The van der Waals surface area contributed by atoms with E-state index in [0.29, 0.717) is 10.6 Å². The van der Waals surface area contributed by atoms with Crippen molar-refractivity contribution in [1.82, 2.24) is 4.98 Å². The third-order valence-electron chi connectivity index (χ3n) is 2.28. The van der Waals surface area contributed by atoms with E-state index in [0.717, 1.165) is 15.8 Å². The van der Waals surface area contributed by atoms with E-state index in [1.54, 1.807) is 19.1 Å². The standard InChI is InChI=1S/C12H10BrFN2O2S/c1-2-18-12(17)9-10(15)19-11(16-9)7-5-6(13)3-4-8(7)14/h3-5H,2,15H2,1H3. The predicted molar refractivity (Wildman–Crippen MR) is 75.6 cm³/mol. The highest BCUT2D eigenvalue weighted by Gasteiger charge is 2.19. The molecule has 0 aliphatic carbocycles. The molecule has 100 valence electrons. The third kappa shape index (κ3) is 2.93. The highest BCUT2D eigenvalue weighted by atomic mass is 79.9. The Hall–Kier alpha value is -1.47. The summed E-state index contributed by atoms with van der Waals surface area (Å²) in [6.45, 7) is 1.92. The molecular formula is C12H10BrFN2O2S. The van der Waals surface area contributed by atoms with Crippen LogP contribution >= 0.6 is 27.3 Å². The molecule has 4 nitrogen and oxygen atoms in total. The summed E-state index contributed by atoms with van der Waals surface area (Å²) < 4.78 is 19.3. The van der Waals surface area contributed by atoms with Gasteiger partial charge in [0.05, 0.1) is 6.61 Å². The molecule has 1 heterocycles. The normalized spacial score (nSPS) is 10.5. The lowest BCUT2D eigenvalue weighted by Gasteiger charge is -1.99. The van der Waals surface area contributed by atoms with Crippen LogP contribution in [0.5, 0.6) is 0 Å². The van der Waals surface area contributed by atoms with Gasteiger partial charge in [-0.1, -0.05) is 27.3 Å². The summed E-state index contributed by atoms with van der Waals surface area (Å²) in [6, 6.07) is 4.49. The zero-order valence-corrected chi connectivity index (χ0v) is 12.3. The minimum Gasteiger partial charge on any atom is -0.461 e. The maximum absolute atomic E-state index is 13.7. The van der Waals surface area contributed by atoms with Crippen molar-refractivity contribution < 1.29 is 13.9 Å². The molecule has 2 aromatic rings. The Morgan fingerprint density at radius 2 is 2.32 bits per heavy atom. The minimum atomic E-state index is -0.599. The molecule has 0 radical (unpaired) electrons. The number of carbonyl (C=O) groups is 1. The van der Waals surface area contributed by atoms with Crippen LogP contribution in [0.15, 0.2) is 22.7 Å². The molecule has 0 unspecified atom stereocenters. The number of hydrogen-bond donors (Lipinski definition) is 1. The van der Waals surface area contributed by atoms with Crippen LogP contribution in [0.3, 0.4) is 0 Å². The lowest BCUT2D eigenvalue weighted by Crippen LogP contribution is -2.07. The molecule has 1 aromatic carbocycles. The number of aromatic nitrogens is 1. The summed E-state index contributed by atoms with van der Waals surface area (Å²) in [7, 11) is 0. The Kier molecular flexibility index (Phi) is 4.16. The largest absolute Gasteiger partial charge is 0.461 e. The average Bonchev–Trinajstić information content (AvgIpc) is 2.74. The van der Waals surface area contributed by atoms with E-state index < -0.39 is 11.8 Å². The van der Waals surface area contributed by atoms with E-state index >= 15 is 0 Å². The molecule has 0 atom stereocenters. The summed E-state index contributed by atoms with van der Waals surface area (Å²) in [4.78, 5) is 15.7. The minimum absolute atomic E-state index is 0.0289. The Bertz CT molecular complexity index is 630. The SMILES string of the molecule is CCOC(=O)c1nc(-c2cc(Br)ccc2F)sc1N. The van der Waals surface area contributed by atoms with Crippen LogP contribution in [0.2, 0.25) is 0 Å². The molecule has 0 aliphatic rings. The molecule has 0 aliphatic heterocycles. The van der Waals surface area contributed by atoms with Gasteiger partial charge in [-0.05, 0) is 25.1 Å². The summed E-state index contributed by atoms with van der Waals surface area (Å²) in [5, 5.41) is 0.562. The predicted octanol–water partition coefficient (Wildman–Crippen LogP) is 3.47. The first-order valence-corrected chi connectivity index (χ1v) is 7.02. The fraction of sp³-hybridized carbons (Fsp3) is 0.167. The lowest BCUT2D eigenvalue weighted by molar-refractivity contribution is 0.0522. The maximum Gasteiger partial charge on any atom is 0.360 e. The second-order valence-electron chi connectivity index (χ2n) is 3.58. The van der Waals surface area contributed by atoms with E-state index in [9.17, 15) is 9.18 Å². The number of halogens is 2. The van der Waals surface area contributed by atoms with Crippen LogP contribution in [0.1, 0.15) is 17.4 Å². The highest BCUT2D eigenvalue weighted by Crippen LogP contribution is 2.33. The van der Waals surface area contributed by atoms with Crippen molar-refractivity contribution in [2.45, 2.75) is 6.92 Å². The van der Waals surface area contributed by atoms with E-state index in [2.05, 4.69) is 20.9 Å². The smallest absolute Gasteiger partial charge is 0.360 e. The number of benzene rings is 1. The maximum atomic E-state index is 13.7. The molecule has 2 N–H and O–H groups in total. The topological polar surface area (TPSA) is 65.2 Å². The van der Waals surface area contributed by atoms with Gasteiger partial charge >= 0.3 is 5.97 Å². The number of ether oxygens (including phenoxy) is 1. The van der Waals surface area contributed by atoms with Gasteiger partial charge < -0.3 is 10.5 Å². The quantitative estimate of drug-likeness (QED) is 0.865. The van der Waals surface area contributed by atoms with Gasteiger partial charge in [-0.25, -0.2) is 14.2 Å². The van der Waals surface area contributed by atoms with Crippen molar-refractivity contribution in [2.75, 3.05) is 12.3 Å². The summed E-state index contributed by atoms with van der Waals surface area (Å²) in [5.41, 5.74) is 6.04. The van der Waals surface area contributed by atoms with Gasteiger partial charge in [-0.2, -0.15) is 0 Å². The van der Waals surface area contributed by atoms with Crippen molar-refractivity contribution in [1.29, 1.82) is 0 Å². The van der Waals surface area contributed by atoms with Gasteiger partial charge in [-0.15, -0.1) is 0 Å². The number of thiazole rings is 1. The van der Waals surface area contributed by atoms with Crippen LogP contribution < -0.4 is 5.73 Å². The zero-order valence-electron chi connectivity index (χ0n) is 9.94. The monoisotopic (exact) mass is 344 g/mol. The first kappa shape index (κ1) is 14.0. The van der Waals surface area contributed by atoms with Crippen molar-refractivity contribution in [2.24, 2.45) is 0 Å². The number of anilines is 1. The van der Waals surface area contributed by atoms with Gasteiger partial charge in [-0.3, -0.25) is 0 Å². The molecule has 1 aromatic heterocycles. The highest BCUT2D eigenvalue weighted by molar-refractivity contribution is 9.10. The molecule has 0 saturated heterocycles. The van der Waals surface area contributed by atoms with E-state index in [4.69, 9.17) is 10.5 Å². The number of hydrogen-bond acceptors (Lipinski definition) is 5. The van der Waals surface area contributed by atoms with Gasteiger partial charge in [0, 0.05) is 10.0 Å². The number of nitrogens with two attached hydrogens (primary N) is 1. The van der Waals surface area contributed by atoms with Crippen LogP contribution in [0.4, 0.5) is 9.39 Å². The van der Waals surface area contributed by atoms with Crippen LogP contribution in [0, 0.1) is 5.82 Å². The molecular weight excluding hydrogens is 335 g/mol.